The Hall–Kier alpha value is -2.89. The second kappa shape index (κ2) is 6.55. The summed E-state index contributed by atoms with van der Waals surface area (Å²) in [7, 11) is 0. The molecular weight excluding hydrogens is 316 g/mol. The molecule has 0 aliphatic rings. The predicted molar refractivity (Wildman–Crippen MR) is 96.7 cm³/mol. The molecule has 0 saturated heterocycles. The summed E-state index contributed by atoms with van der Waals surface area (Å²) in [6.45, 7) is 7.75. The van der Waals surface area contributed by atoms with Crippen molar-refractivity contribution < 1.29 is 4.79 Å². The van der Waals surface area contributed by atoms with Crippen LogP contribution in [-0.2, 0) is 11.2 Å². The molecule has 1 atom stereocenters. The molecule has 0 radical (unpaired) electrons. The first-order chi connectivity index (χ1) is 11.9. The quantitative estimate of drug-likeness (QED) is 0.766. The summed E-state index contributed by atoms with van der Waals surface area (Å²) in [6.07, 6.45) is 0.219. The highest BCUT2D eigenvalue weighted by molar-refractivity contribution is 5.79. The van der Waals surface area contributed by atoms with Crippen molar-refractivity contribution in [3.63, 3.8) is 0 Å². The summed E-state index contributed by atoms with van der Waals surface area (Å²) >= 11 is 0. The summed E-state index contributed by atoms with van der Waals surface area (Å²) in [5.41, 5.74) is 5.03. The fourth-order valence-electron chi connectivity index (χ4n) is 3.21. The molecule has 2 N–H and O–H groups in total. The fourth-order valence-corrected chi connectivity index (χ4v) is 3.21. The zero-order chi connectivity index (χ0) is 18.1. The number of nitrogens with zero attached hydrogens (tertiary/aromatic N) is 2. The Labute approximate surface area is 145 Å². The van der Waals surface area contributed by atoms with Crippen molar-refractivity contribution in [1.82, 2.24) is 19.9 Å². The van der Waals surface area contributed by atoms with E-state index in [0.717, 1.165) is 28.1 Å². The normalized spacial score (nSPS) is 12.3. The second-order valence-electron chi connectivity index (χ2n) is 6.40. The van der Waals surface area contributed by atoms with Crippen LogP contribution in [0.15, 0.2) is 35.1 Å². The average Bonchev–Trinajstić information content (AvgIpc) is 2.92. The molecule has 0 spiro atoms. The number of aromatic nitrogens is 3. The van der Waals surface area contributed by atoms with Gasteiger partial charge in [-0.15, -0.1) is 0 Å². The summed E-state index contributed by atoms with van der Waals surface area (Å²) < 4.78 is 1.63. The molecule has 0 aliphatic heterocycles. The minimum Gasteiger partial charge on any atom is -0.349 e. The molecule has 3 rings (SSSR count). The largest absolute Gasteiger partial charge is 0.349 e. The number of aromatic amines is 1. The van der Waals surface area contributed by atoms with Crippen molar-refractivity contribution in [3.8, 4) is 0 Å². The molecule has 2 heterocycles. The lowest BCUT2D eigenvalue weighted by Crippen LogP contribution is -2.29. The highest BCUT2D eigenvalue weighted by Gasteiger charge is 2.16. The van der Waals surface area contributed by atoms with E-state index in [4.69, 9.17) is 0 Å². The van der Waals surface area contributed by atoms with Crippen LogP contribution in [0.1, 0.15) is 41.0 Å². The van der Waals surface area contributed by atoms with Crippen LogP contribution in [0.4, 0.5) is 0 Å². The number of nitrogens with one attached hydrogen (secondary N) is 2. The van der Waals surface area contributed by atoms with Crippen LogP contribution in [0.25, 0.3) is 5.65 Å². The summed E-state index contributed by atoms with van der Waals surface area (Å²) in [6, 6.07) is 9.39. The van der Waals surface area contributed by atoms with Crippen LogP contribution < -0.4 is 10.9 Å². The van der Waals surface area contributed by atoms with Gasteiger partial charge >= 0.3 is 0 Å². The van der Waals surface area contributed by atoms with E-state index in [1.165, 1.54) is 6.07 Å². The first-order valence-electron chi connectivity index (χ1n) is 8.29. The first-order valence-corrected chi connectivity index (χ1v) is 8.29. The average molecular weight is 338 g/mol. The number of carbonyl (C=O) groups is 1. The maximum absolute atomic E-state index is 12.5. The van der Waals surface area contributed by atoms with Crippen LogP contribution in [0.5, 0.6) is 0 Å². The van der Waals surface area contributed by atoms with Gasteiger partial charge in [0.2, 0.25) is 5.91 Å². The number of H-pyrrole nitrogens is 1. The molecule has 130 valence electrons. The minimum absolute atomic E-state index is 0.0717. The highest BCUT2D eigenvalue weighted by Crippen LogP contribution is 2.18. The van der Waals surface area contributed by atoms with E-state index < -0.39 is 0 Å². The van der Waals surface area contributed by atoms with E-state index in [1.54, 1.807) is 4.52 Å². The maximum atomic E-state index is 12.5. The molecule has 0 unspecified atom stereocenters. The Morgan fingerprint density at radius 3 is 2.72 bits per heavy atom. The number of hydrogen-bond donors (Lipinski definition) is 2. The van der Waals surface area contributed by atoms with Gasteiger partial charge in [-0.05, 0) is 38.8 Å². The van der Waals surface area contributed by atoms with E-state index in [2.05, 4.69) is 15.4 Å². The zero-order valence-electron chi connectivity index (χ0n) is 14.9. The molecule has 6 nitrogen and oxygen atoms in total. The van der Waals surface area contributed by atoms with Gasteiger partial charge in [-0.1, -0.05) is 24.3 Å². The second-order valence-corrected chi connectivity index (χ2v) is 6.40. The van der Waals surface area contributed by atoms with E-state index in [1.807, 2.05) is 52.0 Å². The third kappa shape index (κ3) is 3.33. The molecule has 2 aromatic heterocycles. The van der Waals surface area contributed by atoms with Crippen molar-refractivity contribution in [3.05, 3.63) is 68.8 Å². The number of hydrogen-bond acceptors (Lipinski definition) is 3. The van der Waals surface area contributed by atoms with E-state index in [9.17, 15) is 9.59 Å². The van der Waals surface area contributed by atoms with Gasteiger partial charge in [-0.3, -0.25) is 14.7 Å². The molecule has 1 aromatic carbocycles. The highest BCUT2D eigenvalue weighted by atomic mass is 16.1. The predicted octanol–water partition coefficient (Wildman–Crippen LogP) is 2.37. The van der Waals surface area contributed by atoms with Crippen LogP contribution >= 0.6 is 0 Å². The molecule has 3 aromatic rings. The molecular formula is C19H22N4O2. The Morgan fingerprint density at radius 1 is 1.28 bits per heavy atom. The summed E-state index contributed by atoms with van der Waals surface area (Å²) in [5, 5.41) is 5.75. The Kier molecular flexibility index (Phi) is 4.44. The van der Waals surface area contributed by atoms with Gasteiger partial charge in [0.25, 0.3) is 5.56 Å². The van der Waals surface area contributed by atoms with E-state index >= 15 is 0 Å². The SMILES string of the molecule is Cc1ccccc1[C@H](C)NC(=O)Cc1c(C)nc2cc(=O)[nH]n2c1C. The van der Waals surface area contributed by atoms with Gasteiger partial charge in [0.15, 0.2) is 5.65 Å². The topological polar surface area (TPSA) is 79.3 Å². The van der Waals surface area contributed by atoms with E-state index in [0.29, 0.717) is 5.65 Å². The van der Waals surface area contributed by atoms with Gasteiger partial charge in [0.05, 0.1) is 12.5 Å². The lowest BCUT2D eigenvalue weighted by molar-refractivity contribution is -0.121. The van der Waals surface area contributed by atoms with Gasteiger partial charge in [0.1, 0.15) is 0 Å². The molecule has 6 heteroatoms. The monoisotopic (exact) mass is 338 g/mol. The number of amides is 1. The molecule has 0 aliphatic carbocycles. The third-order valence-corrected chi connectivity index (χ3v) is 4.57. The van der Waals surface area contributed by atoms with Crippen molar-refractivity contribution in [2.45, 2.75) is 40.2 Å². The molecule has 0 saturated carbocycles. The maximum Gasteiger partial charge on any atom is 0.266 e. The van der Waals surface area contributed by atoms with Gasteiger partial charge in [-0.2, -0.15) is 0 Å². The number of fused-ring (bicyclic) bond motifs is 1. The molecule has 1 amide bonds. The van der Waals surface area contributed by atoms with Crippen LogP contribution in [0.2, 0.25) is 0 Å². The summed E-state index contributed by atoms with van der Waals surface area (Å²) in [4.78, 5) is 28.5. The number of carbonyl (C=O) groups excluding carboxylic acids is 1. The van der Waals surface area contributed by atoms with Gasteiger partial charge in [-0.25, -0.2) is 9.50 Å². The van der Waals surface area contributed by atoms with Crippen LogP contribution in [0.3, 0.4) is 0 Å². The van der Waals surface area contributed by atoms with Crippen molar-refractivity contribution in [2.24, 2.45) is 0 Å². The standard InChI is InChI=1S/C19H22N4O2/c1-11-7-5-6-8-15(11)12(2)21-18(24)9-16-13(3)20-17-10-19(25)22-23(17)14(16)4/h5-8,10,12H,9H2,1-4H3,(H,21,24)(H,22,25)/t12-/m0/s1. The smallest absolute Gasteiger partial charge is 0.266 e. The van der Waals surface area contributed by atoms with Crippen molar-refractivity contribution in [2.75, 3.05) is 0 Å². The van der Waals surface area contributed by atoms with Crippen LogP contribution in [0, 0.1) is 20.8 Å². The number of benzene rings is 1. The van der Waals surface area contributed by atoms with Crippen LogP contribution in [-0.4, -0.2) is 20.5 Å². The Balaban J connectivity index is 1.82. The minimum atomic E-state index is -0.204. The van der Waals surface area contributed by atoms with Crippen molar-refractivity contribution in [1.29, 1.82) is 0 Å². The fraction of sp³-hybridized carbons (Fsp3) is 0.316. The molecule has 25 heavy (non-hydrogen) atoms. The zero-order valence-corrected chi connectivity index (χ0v) is 14.9. The van der Waals surface area contributed by atoms with Gasteiger partial charge < -0.3 is 5.32 Å². The van der Waals surface area contributed by atoms with Crippen molar-refractivity contribution >= 4 is 11.6 Å². The molecule has 0 bridgehead atoms. The first kappa shape index (κ1) is 17.0. The Bertz CT molecular complexity index is 1000. The lowest BCUT2D eigenvalue weighted by Gasteiger charge is -2.17. The summed E-state index contributed by atoms with van der Waals surface area (Å²) in [5.74, 6) is -0.0717. The molecule has 0 fully saturated rings. The third-order valence-electron chi connectivity index (χ3n) is 4.57. The Morgan fingerprint density at radius 2 is 2.00 bits per heavy atom. The number of rotatable bonds is 4. The van der Waals surface area contributed by atoms with Gasteiger partial charge in [0, 0.05) is 23.0 Å². The number of aryl methyl sites for hydroxylation is 3. The lowest BCUT2D eigenvalue weighted by atomic mass is 10.0. The van der Waals surface area contributed by atoms with E-state index in [-0.39, 0.29) is 23.9 Å².